The van der Waals surface area contributed by atoms with Crippen molar-refractivity contribution in [3.8, 4) is 56.0 Å². The summed E-state index contributed by atoms with van der Waals surface area (Å²) >= 11 is 0. The van der Waals surface area contributed by atoms with Crippen molar-refractivity contribution in [3.05, 3.63) is 170 Å². The van der Waals surface area contributed by atoms with Gasteiger partial charge in [0.2, 0.25) is 0 Å². The van der Waals surface area contributed by atoms with Gasteiger partial charge >= 0.3 is 0 Å². The lowest BCUT2D eigenvalue weighted by atomic mass is 9.82. The minimum Gasteiger partial charge on any atom is -0.456 e. The van der Waals surface area contributed by atoms with Crippen LogP contribution >= 0.6 is 0 Å². The third-order valence-corrected chi connectivity index (χ3v) is 9.88. The highest BCUT2D eigenvalue weighted by Crippen LogP contribution is 2.52. The molecule has 0 saturated carbocycles. The van der Waals surface area contributed by atoms with E-state index < -0.39 is 0 Å². The van der Waals surface area contributed by atoms with Crippen LogP contribution < -0.4 is 4.74 Å². The first-order valence-corrected chi connectivity index (χ1v) is 16.2. The molecular weight excluding hydrogens is 569 g/mol. The molecule has 0 amide bonds. The second-order valence-corrected chi connectivity index (χ2v) is 12.4. The summed E-state index contributed by atoms with van der Waals surface area (Å²) in [5.74, 6) is 1.82. The van der Waals surface area contributed by atoms with Crippen molar-refractivity contribution in [3.63, 3.8) is 0 Å². The highest BCUT2D eigenvalue weighted by molar-refractivity contribution is 6.25. The van der Waals surface area contributed by atoms with Crippen LogP contribution in [-0.4, -0.2) is 0 Å². The molecule has 0 radical (unpaired) electrons. The molecule has 0 saturated heterocycles. The van der Waals surface area contributed by atoms with Crippen LogP contribution in [0, 0.1) is 0 Å². The van der Waals surface area contributed by atoms with Gasteiger partial charge in [0.05, 0.1) is 0 Å². The summed E-state index contributed by atoms with van der Waals surface area (Å²) < 4.78 is 6.48. The van der Waals surface area contributed by atoms with Gasteiger partial charge in [0, 0.05) is 10.9 Å². The third kappa shape index (κ3) is 3.84. The lowest BCUT2D eigenvalue weighted by molar-refractivity contribution is 0.487. The molecule has 1 heteroatoms. The van der Waals surface area contributed by atoms with Gasteiger partial charge in [-0.05, 0) is 88.8 Å². The fourth-order valence-electron chi connectivity index (χ4n) is 7.90. The van der Waals surface area contributed by atoms with E-state index in [1.807, 2.05) is 6.07 Å². The molecule has 0 aromatic heterocycles. The van der Waals surface area contributed by atoms with E-state index in [0.29, 0.717) is 0 Å². The van der Waals surface area contributed by atoms with Crippen LogP contribution in [0.15, 0.2) is 170 Å². The van der Waals surface area contributed by atoms with Crippen molar-refractivity contribution in [1.29, 1.82) is 0 Å². The Morgan fingerprint density at radius 2 is 0.723 bits per heavy atom. The van der Waals surface area contributed by atoms with Crippen LogP contribution in [0.5, 0.6) is 11.5 Å². The van der Waals surface area contributed by atoms with Crippen molar-refractivity contribution in [2.24, 2.45) is 0 Å². The molecule has 9 aromatic carbocycles. The molecule has 1 nitrogen and oxygen atoms in total. The number of rotatable bonds is 3. The van der Waals surface area contributed by atoms with E-state index in [1.165, 1.54) is 82.0 Å². The zero-order chi connectivity index (χ0) is 30.9. The quantitative estimate of drug-likeness (QED) is 0.184. The Labute approximate surface area is 272 Å². The van der Waals surface area contributed by atoms with Crippen LogP contribution in [0.1, 0.15) is 0 Å². The molecule has 10 rings (SSSR count). The minimum atomic E-state index is 0.908. The van der Waals surface area contributed by atoms with E-state index in [-0.39, 0.29) is 0 Å². The highest BCUT2D eigenvalue weighted by atomic mass is 16.5. The second kappa shape index (κ2) is 10.2. The number of ether oxygens (including phenoxy) is 1. The van der Waals surface area contributed by atoms with E-state index in [4.69, 9.17) is 4.74 Å². The number of hydrogen-bond acceptors (Lipinski definition) is 1. The summed E-state index contributed by atoms with van der Waals surface area (Å²) in [5, 5.41) is 9.86. The van der Waals surface area contributed by atoms with E-state index in [0.717, 1.165) is 17.1 Å². The molecule has 0 atom stereocenters. The first-order valence-electron chi connectivity index (χ1n) is 16.2. The Morgan fingerprint density at radius 1 is 0.255 bits per heavy atom. The van der Waals surface area contributed by atoms with E-state index in [1.54, 1.807) is 0 Å². The molecule has 0 aliphatic carbocycles. The smallest absolute Gasteiger partial charge is 0.135 e. The van der Waals surface area contributed by atoms with Crippen LogP contribution in [-0.2, 0) is 0 Å². The molecule has 9 aromatic rings. The minimum absolute atomic E-state index is 0.908. The molecule has 0 spiro atoms. The van der Waals surface area contributed by atoms with Gasteiger partial charge in [-0.25, -0.2) is 0 Å². The van der Waals surface area contributed by atoms with Gasteiger partial charge in [0.1, 0.15) is 11.5 Å². The lowest BCUT2D eigenvalue weighted by Gasteiger charge is -2.24. The molecule has 1 aliphatic heterocycles. The maximum atomic E-state index is 6.48. The first kappa shape index (κ1) is 26.1. The predicted octanol–water partition coefficient (Wildman–Crippen LogP) is 13.1. The van der Waals surface area contributed by atoms with Gasteiger partial charge in [-0.3, -0.25) is 0 Å². The van der Waals surface area contributed by atoms with Gasteiger partial charge in [-0.2, -0.15) is 0 Å². The Morgan fingerprint density at radius 3 is 1.47 bits per heavy atom. The number of benzene rings is 9. The fraction of sp³-hybridized carbons (Fsp3) is 0. The fourth-order valence-corrected chi connectivity index (χ4v) is 7.90. The molecular formula is C46H28O. The summed E-state index contributed by atoms with van der Waals surface area (Å²) in [6, 6.07) is 61.5. The van der Waals surface area contributed by atoms with Crippen LogP contribution in [0.3, 0.4) is 0 Å². The molecule has 0 bridgehead atoms. The molecule has 47 heavy (non-hydrogen) atoms. The summed E-state index contributed by atoms with van der Waals surface area (Å²) in [6.45, 7) is 0. The summed E-state index contributed by atoms with van der Waals surface area (Å²) in [6.07, 6.45) is 0. The normalized spacial score (nSPS) is 12.0. The van der Waals surface area contributed by atoms with Crippen molar-refractivity contribution >= 4 is 43.1 Å². The Hall–Kier alpha value is -6.18. The van der Waals surface area contributed by atoms with Gasteiger partial charge in [0.15, 0.2) is 0 Å². The van der Waals surface area contributed by atoms with Crippen molar-refractivity contribution in [2.75, 3.05) is 0 Å². The predicted molar refractivity (Wildman–Crippen MR) is 198 cm³/mol. The monoisotopic (exact) mass is 596 g/mol. The average molecular weight is 597 g/mol. The summed E-state index contributed by atoms with van der Waals surface area (Å²) in [5.41, 5.74) is 9.83. The largest absolute Gasteiger partial charge is 0.456 e. The topological polar surface area (TPSA) is 9.23 Å². The van der Waals surface area contributed by atoms with Gasteiger partial charge in [0.25, 0.3) is 0 Å². The number of hydrogen-bond donors (Lipinski definition) is 0. The standard InChI is InChI=1S/C46H28O/c1-2-15-30-29(13-1)14-11-23-31(30)32-16-3-4-18-34(32)44-35-19-5-7-21-37(35)45(38-22-8-6-20-36(38)44)41-28-27-40-33-17-9-10-25-42(33)47-43-26-12-24-39(41)46(40)43/h1-28H. The maximum Gasteiger partial charge on any atom is 0.135 e. The molecule has 0 N–H and O–H groups in total. The van der Waals surface area contributed by atoms with Gasteiger partial charge in [-0.15, -0.1) is 0 Å². The van der Waals surface area contributed by atoms with Crippen LogP contribution in [0.25, 0.3) is 87.6 Å². The van der Waals surface area contributed by atoms with Crippen molar-refractivity contribution in [2.45, 2.75) is 0 Å². The van der Waals surface area contributed by atoms with E-state index >= 15 is 0 Å². The van der Waals surface area contributed by atoms with E-state index in [9.17, 15) is 0 Å². The SMILES string of the molecule is c1ccc2c(c1)Oc1cccc3c(-c4c5ccccc5c(-c5ccccc5-c5cccc6ccccc56)c5ccccc45)ccc-2c13. The molecule has 0 unspecified atom stereocenters. The molecule has 1 aliphatic rings. The summed E-state index contributed by atoms with van der Waals surface area (Å²) in [4.78, 5) is 0. The summed E-state index contributed by atoms with van der Waals surface area (Å²) in [7, 11) is 0. The van der Waals surface area contributed by atoms with Gasteiger partial charge in [-0.1, -0.05) is 158 Å². The zero-order valence-corrected chi connectivity index (χ0v) is 25.6. The Kier molecular flexibility index (Phi) is 5.64. The number of para-hydroxylation sites is 1. The van der Waals surface area contributed by atoms with Crippen LogP contribution in [0.2, 0.25) is 0 Å². The van der Waals surface area contributed by atoms with Gasteiger partial charge < -0.3 is 4.74 Å². The molecule has 0 fully saturated rings. The van der Waals surface area contributed by atoms with Crippen molar-refractivity contribution in [1.82, 2.24) is 0 Å². The second-order valence-electron chi connectivity index (χ2n) is 12.4. The third-order valence-electron chi connectivity index (χ3n) is 9.88. The lowest BCUT2D eigenvalue weighted by Crippen LogP contribution is -1.98. The van der Waals surface area contributed by atoms with Crippen molar-refractivity contribution < 1.29 is 4.74 Å². The zero-order valence-electron chi connectivity index (χ0n) is 25.6. The first-order chi connectivity index (χ1) is 23.3. The maximum absolute atomic E-state index is 6.48. The van der Waals surface area contributed by atoms with E-state index in [2.05, 4.69) is 164 Å². The Bertz CT molecular complexity index is 2650. The number of fused-ring (bicyclic) bond motifs is 5. The average Bonchev–Trinajstić information content (AvgIpc) is 3.14. The molecule has 1 heterocycles. The van der Waals surface area contributed by atoms with Crippen LogP contribution in [0.4, 0.5) is 0 Å². The Balaban J connectivity index is 1.31. The highest BCUT2D eigenvalue weighted by Gasteiger charge is 2.24. The molecule has 218 valence electrons.